The molecule has 1 saturated heterocycles. The van der Waals surface area contributed by atoms with E-state index in [9.17, 15) is 14.4 Å². The van der Waals surface area contributed by atoms with Crippen molar-refractivity contribution in [3.05, 3.63) is 54.2 Å². The number of nitrogens with one attached hydrogen (secondary N) is 2. The molecule has 2 aromatic rings. The minimum atomic E-state index is -0.306. The first-order chi connectivity index (χ1) is 15.0. The highest BCUT2D eigenvalue weighted by Crippen LogP contribution is 2.21. The molecular weight excluding hydrogens is 396 g/mol. The molecule has 3 amide bonds. The Bertz CT molecular complexity index is 897. The van der Waals surface area contributed by atoms with Crippen LogP contribution in [0.1, 0.15) is 31.2 Å². The van der Waals surface area contributed by atoms with Gasteiger partial charge in [0.25, 0.3) is 0 Å². The van der Waals surface area contributed by atoms with Gasteiger partial charge in [-0.05, 0) is 43.5 Å². The van der Waals surface area contributed by atoms with Crippen LogP contribution in [-0.4, -0.2) is 48.5 Å². The van der Waals surface area contributed by atoms with Gasteiger partial charge in [0.05, 0.1) is 6.10 Å². The molecule has 8 heteroatoms. The van der Waals surface area contributed by atoms with Gasteiger partial charge in [-0.1, -0.05) is 24.3 Å². The van der Waals surface area contributed by atoms with Crippen molar-refractivity contribution in [2.24, 2.45) is 0 Å². The van der Waals surface area contributed by atoms with Crippen molar-refractivity contribution in [2.45, 2.75) is 38.7 Å². The zero-order valence-corrected chi connectivity index (χ0v) is 17.7. The van der Waals surface area contributed by atoms with E-state index in [4.69, 9.17) is 4.74 Å². The van der Waals surface area contributed by atoms with E-state index in [2.05, 4.69) is 15.6 Å². The molecule has 1 fully saturated rings. The summed E-state index contributed by atoms with van der Waals surface area (Å²) >= 11 is 0. The Morgan fingerprint density at radius 1 is 1.10 bits per heavy atom. The van der Waals surface area contributed by atoms with Gasteiger partial charge in [-0.3, -0.25) is 14.4 Å². The predicted molar refractivity (Wildman–Crippen MR) is 118 cm³/mol. The van der Waals surface area contributed by atoms with E-state index in [-0.39, 0.29) is 43.2 Å². The lowest BCUT2D eigenvalue weighted by Gasteiger charge is -2.24. The zero-order valence-electron chi connectivity index (χ0n) is 17.7. The van der Waals surface area contributed by atoms with Crippen molar-refractivity contribution in [1.82, 2.24) is 10.3 Å². The van der Waals surface area contributed by atoms with Gasteiger partial charge in [0.1, 0.15) is 12.4 Å². The molecule has 2 N–H and O–H groups in total. The lowest BCUT2D eigenvalue weighted by molar-refractivity contribution is -0.125. The van der Waals surface area contributed by atoms with Crippen molar-refractivity contribution >= 4 is 29.2 Å². The first-order valence-corrected chi connectivity index (χ1v) is 10.5. The van der Waals surface area contributed by atoms with Crippen molar-refractivity contribution in [1.29, 1.82) is 0 Å². The second-order valence-corrected chi connectivity index (χ2v) is 7.47. The van der Waals surface area contributed by atoms with Crippen LogP contribution in [0.4, 0.5) is 11.5 Å². The monoisotopic (exact) mass is 424 g/mol. The molecule has 1 atom stereocenters. The van der Waals surface area contributed by atoms with Crippen LogP contribution in [0.2, 0.25) is 0 Å². The van der Waals surface area contributed by atoms with Crippen LogP contribution in [-0.2, 0) is 19.1 Å². The Morgan fingerprint density at radius 3 is 2.61 bits per heavy atom. The normalized spacial score (nSPS) is 15.3. The number of amides is 3. The Morgan fingerprint density at radius 2 is 1.90 bits per heavy atom. The van der Waals surface area contributed by atoms with E-state index in [1.165, 1.54) is 4.90 Å². The molecule has 2 heterocycles. The maximum Gasteiger partial charge on any atom is 0.240 e. The van der Waals surface area contributed by atoms with Crippen molar-refractivity contribution in [3.63, 3.8) is 0 Å². The Balaban J connectivity index is 1.60. The number of aromatic nitrogens is 1. The first kappa shape index (κ1) is 22.4. The van der Waals surface area contributed by atoms with Crippen LogP contribution < -0.4 is 15.5 Å². The van der Waals surface area contributed by atoms with Crippen molar-refractivity contribution in [3.8, 4) is 0 Å². The van der Waals surface area contributed by atoms with E-state index in [0.29, 0.717) is 18.1 Å². The fourth-order valence-corrected chi connectivity index (χ4v) is 3.40. The topological polar surface area (TPSA) is 101 Å². The number of rotatable bonds is 9. The summed E-state index contributed by atoms with van der Waals surface area (Å²) in [6.45, 7) is 2.92. The molecule has 0 aliphatic carbocycles. The molecule has 8 nitrogen and oxygen atoms in total. The number of carbonyl (C=O) groups excluding carboxylic acids is 3. The number of anilines is 2. The van der Waals surface area contributed by atoms with Crippen LogP contribution in [0.25, 0.3) is 0 Å². The van der Waals surface area contributed by atoms with Crippen LogP contribution in [0.5, 0.6) is 0 Å². The second kappa shape index (κ2) is 11.2. The second-order valence-electron chi connectivity index (χ2n) is 7.47. The minimum absolute atomic E-state index is 0.00464. The Labute approximate surface area is 182 Å². The Hall–Kier alpha value is -3.26. The highest BCUT2D eigenvalue weighted by molar-refractivity contribution is 6.01. The quantitative estimate of drug-likeness (QED) is 0.644. The van der Waals surface area contributed by atoms with E-state index in [1.54, 1.807) is 30.5 Å². The molecule has 0 bridgehead atoms. The third kappa shape index (κ3) is 6.89. The van der Waals surface area contributed by atoms with Crippen LogP contribution in [0.3, 0.4) is 0 Å². The number of para-hydroxylation sites is 1. The number of carbonyl (C=O) groups is 3. The number of ether oxygens (including phenoxy) is 1. The molecule has 1 aromatic heterocycles. The maximum absolute atomic E-state index is 13.0. The van der Waals surface area contributed by atoms with Crippen LogP contribution >= 0.6 is 0 Å². The summed E-state index contributed by atoms with van der Waals surface area (Å²) in [5, 5.41) is 5.52. The summed E-state index contributed by atoms with van der Waals surface area (Å²) in [6.07, 6.45) is 3.50. The standard InChI is InChI=1S/C23H28N4O4/c1-17-7-2-3-9-19(17)27(16-22(29)25-15-18-8-6-14-31-18)23(30)12-11-21(28)26-20-10-4-5-13-24-20/h2-5,7,9-10,13,18H,6,8,11-12,14-16H2,1H3,(H,25,29)(H,24,26,28)/t18-/m0/s1. The summed E-state index contributed by atoms with van der Waals surface area (Å²) in [4.78, 5) is 43.2. The van der Waals surface area contributed by atoms with Crippen molar-refractivity contribution in [2.75, 3.05) is 29.9 Å². The van der Waals surface area contributed by atoms with Crippen LogP contribution in [0, 0.1) is 6.92 Å². The van der Waals surface area contributed by atoms with E-state index < -0.39 is 0 Å². The van der Waals surface area contributed by atoms with Gasteiger partial charge < -0.3 is 20.3 Å². The van der Waals surface area contributed by atoms with Gasteiger partial charge in [0.15, 0.2) is 0 Å². The summed E-state index contributed by atoms with van der Waals surface area (Å²) < 4.78 is 5.53. The number of hydrogen-bond donors (Lipinski definition) is 2. The predicted octanol–water partition coefficient (Wildman–Crippen LogP) is 2.44. The van der Waals surface area contributed by atoms with E-state index in [1.807, 2.05) is 25.1 Å². The van der Waals surface area contributed by atoms with Gasteiger partial charge in [-0.2, -0.15) is 0 Å². The average molecular weight is 425 g/mol. The minimum Gasteiger partial charge on any atom is -0.376 e. The van der Waals surface area contributed by atoms with Gasteiger partial charge in [0.2, 0.25) is 17.7 Å². The molecular formula is C23H28N4O4. The fourth-order valence-electron chi connectivity index (χ4n) is 3.40. The van der Waals surface area contributed by atoms with E-state index >= 15 is 0 Å². The zero-order chi connectivity index (χ0) is 22.1. The highest BCUT2D eigenvalue weighted by atomic mass is 16.5. The maximum atomic E-state index is 13.0. The molecule has 0 radical (unpaired) electrons. The number of aryl methyl sites for hydroxylation is 1. The molecule has 1 aliphatic rings. The SMILES string of the molecule is Cc1ccccc1N(CC(=O)NC[C@@H]1CCCO1)C(=O)CCC(=O)Nc1ccccn1. The average Bonchev–Trinajstić information content (AvgIpc) is 3.29. The van der Waals surface area contributed by atoms with E-state index in [0.717, 1.165) is 25.0 Å². The molecule has 1 aliphatic heterocycles. The Kier molecular flexibility index (Phi) is 8.12. The van der Waals surface area contributed by atoms with Gasteiger partial charge in [-0.15, -0.1) is 0 Å². The molecule has 0 unspecified atom stereocenters. The third-order valence-electron chi connectivity index (χ3n) is 5.06. The highest BCUT2D eigenvalue weighted by Gasteiger charge is 2.22. The van der Waals surface area contributed by atoms with Crippen LogP contribution in [0.15, 0.2) is 48.7 Å². The summed E-state index contributed by atoms with van der Waals surface area (Å²) in [5.41, 5.74) is 1.53. The van der Waals surface area contributed by atoms with Gasteiger partial charge in [0, 0.05) is 37.9 Å². The van der Waals surface area contributed by atoms with Gasteiger partial charge >= 0.3 is 0 Å². The number of nitrogens with zero attached hydrogens (tertiary/aromatic N) is 2. The smallest absolute Gasteiger partial charge is 0.240 e. The molecule has 3 rings (SSSR count). The molecule has 164 valence electrons. The summed E-state index contributed by atoms with van der Waals surface area (Å²) in [6, 6.07) is 12.6. The summed E-state index contributed by atoms with van der Waals surface area (Å²) in [5.74, 6) is -0.424. The molecule has 31 heavy (non-hydrogen) atoms. The third-order valence-corrected chi connectivity index (χ3v) is 5.06. The lowest BCUT2D eigenvalue weighted by Crippen LogP contribution is -2.43. The lowest BCUT2D eigenvalue weighted by atomic mass is 10.1. The molecule has 0 saturated carbocycles. The molecule has 1 aromatic carbocycles. The largest absolute Gasteiger partial charge is 0.376 e. The number of pyridine rings is 1. The fraction of sp³-hybridized carbons (Fsp3) is 0.391. The number of benzene rings is 1. The first-order valence-electron chi connectivity index (χ1n) is 10.5. The summed E-state index contributed by atoms with van der Waals surface area (Å²) in [7, 11) is 0. The number of hydrogen-bond acceptors (Lipinski definition) is 5. The molecule has 0 spiro atoms. The van der Waals surface area contributed by atoms with Crippen molar-refractivity contribution < 1.29 is 19.1 Å². The van der Waals surface area contributed by atoms with Gasteiger partial charge in [-0.25, -0.2) is 4.98 Å².